The molecule has 1 aliphatic heterocycles. The Hall–Kier alpha value is -1.26. The summed E-state index contributed by atoms with van der Waals surface area (Å²) >= 11 is 0. The fraction of sp³-hybridized carbons (Fsp3) is 0.833. The van der Waals surface area contributed by atoms with Crippen molar-refractivity contribution < 1.29 is 9.59 Å². The van der Waals surface area contributed by atoms with Gasteiger partial charge in [0.05, 0.1) is 5.41 Å². The number of nitrogens with zero attached hydrogens (tertiary/aromatic N) is 1. The molecule has 0 aromatic heterocycles. The fourth-order valence-electron chi connectivity index (χ4n) is 2.44. The van der Waals surface area contributed by atoms with Crippen LogP contribution in [0.5, 0.6) is 0 Å². The highest BCUT2D eigenvalue weighted by Gasteiger charge is 2.41. The summed E-state index contributed by atoms with van der Waals surface area (Å²) in [6.07, 6.45) is 4.13. The lowest BCUT2D eigenvalue weighted by molar-refractivity contribution is -0.128. The zero-order chi connectivity index (χ0) is 12.5. The molecule has 2 rings (SSSR count). The van der Waals surface area contributed by atoms with Gasteiger partial charge in [0.15, 0.2) is 0 Å². The Morgan fingerprint density at radius 3 is 2.59 bits per heavy atom. The second-order valence-corrected chi connectivity index (χ2v) is 5.39. The number of amides is 3. The molecule has 1 saturated carbocycles. The molecule has 0 spiro atoms. The molecule has 1 saturated heterocycles. The molecule has 2 N–H and O–H groups in total. The predicted molar refractivity (Wildman–Crippen MR) is 64.5 cm³/mol. The van der Waals surface area contributed by atoms with Crippen molar-refractivity contribution in [1.82, 2.24) is 15.5 Å². The van der Waals surface area contributed by atoms with Gasteiger partial charge in [0.1, 0.15) is 0 Å². The largest absolute Gasteiger partial charge is 0.359 e. The van der Waals surface area contributed by atoms with Crippen LogP contribution in [0, 0.1) is 5.41 Å². The standard InChI is InChI=1S/C12H21N3O2/c1-12(10(16)13-2)6-7-15(8-12)11(17)14-9-4-3-5-9/h9H,3-8H2,1-2H3,(H,13,16)(H,14,17). The lowest BCUT2D eigenvalue weighted by atomic mass is 9.89. The van der Waals surface area contributed by atoms with E-state index in [9.17, 15) is 9.59 Å². The van der Waals surface area contributed by atoms with Crippen LogP contribution < -0.4 is 10.6 Å². The first kappa shape index (κ1) is 12.2. The summed E-state index contributed by atoms with van der Waals surface area (Å²) < 4.78 is 0. The van der Waals surface area contributed by atoms with Gasteiger partial charge in [-0.2, -0.15) is 0 Å². The third-order valence-corrected chi connectivity index (χ3v) is 3.97. The molecule has 0 aromatic rings. The molecule has 1 unspecified atom stereocenters. The minimum atomic E-state index is -0.425. The highest BCUT2D eigenvalue weighted by atomic mass is 16.2. The number of hydrogen-bond acceptors (Lipinski definition) is 2. The van der Waals surface area contributed by atoms with Crippen LogP contribution in [0.25, 0.3) is 0 Å². The fourth-order valence-corrected chi connectivity index (χ4v) is 2.44. The van der Waals surface area contributed by atoms with E-state index in [0.29, 0.717) is 19.1 Å². The third kappa shape index (κ3) is 2.37. The molecule has 5 nitrogen and oxygen atoms in total. The van der Waals surface area contributed by atoms with Crippen LogP contribution in [-0.4, -0.2) is 43.0 Å². The molecule has 1 atom stereocenters. The number of nitrogens with one attached hydrogen (secondary N) is 2. The molecule has 96 valence electrons. The molecule has 0 bridgehead atoms. The van der Waals surface area contributed by atoms with E-state index >= 15 is 0 Å². The Balaban J connectivity index is 1.88. The van der Waals surface area contributed by atoms with E-state index in [1.54, 1.807) is 11.9 Å². The topological polar surface area (TPSA) is 61.4 Å². The molecule has 0 radical (unpaired) electrons. The number of carbonyl (C=O) groups is 2. The van der Waals surface area contributed by atoms with Crippen molar-refractivity contribution in [2.45, 2.75) is 38.6 Å². The van der Waals surface area contributed by atoms with Crippen LogP contribution in [0.1, 0.15) is 32.6 Å². The van der Waals surface area contributed by atoms with Gasteiger partial charge in [-0.1, -0.05) is 0 Å². The quantitative estimate of drug-likeness (QED) is 0.745. The van der Waals surface area contributed by atoms with E-state index in [2.05, 4.69) is 10.6 Å². The maximum Gasteiger partial charge on any atom is 0.317 e. The summed E-state index contributed by atoms with van der Waals surface area (Å²) in [5, 5.41) is 5.68. The van der Waals surface area contributed by atoms with Crippen LogP contribution in [-0.2, 0) is 4.79 Å². The zero-order valence-corrected chi connectivity index (χ0v) is 10.6. The van der Waals surface area contributed by atoms with E-state index in [1.807, 2.05) is 6.92 Å². The SMILES string of the molecule is CNC(=O)C1(C)CCN(C(=O)NC2CCC2)C1. The van der Waals surface area contributed by atoms with Crippen molar-refractivity contribution in [2.24, 2.45) is 5.41 Å². The monoisotopic (exact) mass is 239 g/mol. The summed E-state index contributed by atoms with van der Waals surface area (Å²) in [4.78, 5) is 25.4. The number of carbonyl (C=O) groups excluding carboxylic acids is 2. The molecule has 2 fully saturated rings. The Bertz CT molecular complexity index is 328. The van der Waals surface area contributed by atoms with Gasteiger partial charge < -0.3 is 15.5 Å². The molecule has 0 aromatic carbocycles. The van der Waals surface area contributed by atoms with Crippen LogP contribution in [0.2, 0.25) is 0 Å². The van der Waals surface area contributed by atoms with E-state index in [-0.39, 0.29) is 11.9 Å². The van der Waals surface area contributed by atoms with E-state index < -0.39 is 5.41 Å². The van der Waals surface area contributed by atoms with Crippen molar-refractivity contribution in [1.29, 1.82) is 0 Å². The number of hydrogen-bond donors (Lipinski definition) is 2. The average molecular weight is 239 g/mol. The van der Waals surface area contributed by atoms with Crippen LogP contribution in [0.4, 0.5) is 4.79 Å². The van der Waals surface area contributed by atoms with Crippen LogP contribution >= 0.6 is 0 Å². The molecule has 1 heterocycles. The van der Waals surface area contributed by atoms with Gasteiger partial charge >= 0.3 is 6.03 Å². The predicted octanol–water partition coefficient (Wildman–Crippen LogP) is 0.706. The molecular weight excluding hydrogens is 218 g/mol. The Labute approximate surface area is 102 Å². The van der Waals surface area contributed by atoms with Crippen molar-refractivity contribution in [3.05, 3.63) is 0 Å². The van der Waals surface area contributed by atoms with Crippen LogP contribution in [0.3, 0.4) is 0 Å². The average Bonchev–Trinajstić information content (AvgIpc) is 2.66. The van der Waals surface area contributed by atoms with Gasteiger partial charge in [-0.15, -0.1) is 0 Å². The normalized spacial score (nSPS) is 28.7. The molecule has 1 aliphatic carbocycles. The van der Waals surface area contributed by atoms with E-state index in [4.69, 9.17) is 0 Å². The molecule has 3 amide bonds. The van der Waals surface area contributed by atoms with Crippen molar-refractivity contribution >= 4 is 11.9 Å². The van der Waals surface area contributed by atoms with E-state index in [1.165, 1.54) is 6.42 Å². The summed E-state index contributed by atoms with van der Waals surface area (Å²) in [7, 11) is 1.64. The minimum absolute atomic E-state index is 0.0117. The number of likely N-dealkylation sites (tertiary alicyclic amines) is 1. The first-order chi connectivity index (χ1) is 8.05. The van der Waals surface area contributed by atoms with Crippen molar-refractivity contribution in [3.8, 4) is 0 Å². The van der Waals surface area contributed by atoms with Gasteiger partial charge in [0.25, 0.3) is 0 Å². The van der Waals surface area contributed by atoms with Crippen molar-refractivity contribution in [3.63, 3.8) is 0 Å². The Morgan fingerprint density at radius 2 is 2.06 bits per heavy atom. The minimum Gasteiger partial charge on any atom is -0.359 e. The van der Waals surface area contributed by atoms with Crippen LogP contribution in [0.15, 0.2) is 0 Å². The molecular formula is C12H21N3O2. The zero-order valence-electron chi connectivity index (χ0n) is 10.6. The van der Waals surface area contributed by atoms with Gasteiger partial charge in [0.2, 0.25) is 5.91 Å². The summed E-state index contributed by atoms with van der Waals surface area (Å²) in [5.74, 6) is 0.0245. The Kier molecular flexibility index (Phi) is 3.26. The summed E-state index contributed by atoms with van der Waals surface area (Å²) in [5.41, 5.74) is -0.425. The molecule has 5 heteroatoms. The Morgan fingerprint density at radius 1 is 1.35 bits per heavy atom. The molecule has 2 aliphatic rings. The first-order valence-corrected chi connectivity index (χ1v) is 6.33. The van der Waals surface area contributed by atoms with Gasteiger partial charge in [0, 0.05) is 26.2 Å². The third-order valence-electron chi connectivity index (χ3n) is 3.97. The maximum absolute atomic E-state index is 11.9. The number of urea groups is 1. The van der Waals surface area contributed by atoms with Gasteiger partial charge in [-0.25, -0.2) is 4.79 Å². The second-order valence-electron chi connectivity index (χ2n) is 5.39. The smallest absolute Gasteiger partial charge is 0.317 e. The van der Waals surface area contributed by atoms with Gasteiger partial charge in [-0.05, 0) is 32.6 Å². The maximum atomic E-state index is 11.9. The first-order valence-electron chi connectivity index (χ1n) is 6.33. The number of rotatable bonds is 2. The second kappa shape index (κ2) is 4.55. The lowest BCUT2D eigenvalue weighted by Crippen LogP contribution is -2.48. The van der Waals surface area contributed by atoms with E-state index in [0.717, 1.165) is 19.3 Å². The summed E-state index contributed by atoms with van der Waals surface area (Å²) in [6, 6.07) is 0.344. The lowest BCUT2D eigenvalue weighted by Gasteiger charge is -2.29. The molecule has 17 heavy (non-hydrogen) atoms. The van der Waals surface area contributed by atoms with Crippen molar-refractivity contribution in [2.75, 3.05) is 20.1 Å². The summed E-state index contributed by atoms with van der Waals surface area (Å²) in [6.45, 7) is 3.11. The highest BCUT2D eigenvalue weighted by Crippen LogP contribution is 2.30. The van der Waals surface area contributed by atoms with Gasteiger partial charge in [-0.3, -0.25) is 4.79 Å². The highest BCUT2D eigenvalue weighted by molar-refractivity contribution is 5.84.